The van der Waals surface area contributed by atoms with Crippen molar-refractivity contribution in [3.05, 3.63) is 95.8 Å². The fraction of sp³-hybridized carbons (Fsp3) is 0.192. The van der Waals surface area contributed by atoms with Gasteiger partial charge in [0.15, 0.2) is 11.6 Å². The lowest BCUT2D eigenvalue weighted by Crippen LogP contribution is -2.15. The monoisotopic (exact) mass is 534 g/mol. The topological polar surface area (TPSA) is 129 Å². The average Bonchev–Trinajstić information content (AvgIpc) is 2.84. The quantitative estimate of drug-likeness (QED) is 0.213. The maximum atomic E-state index is 11.8. The molecule has 0 aliphatic carbocycles. The summed E-state index contributed by atoms with van der Waals surface area (Å²) in [5, 5.41) is 0. The van der Waals surface area contributed by atoms with Crippen molar-refractivity contribution in [2.75, 3.05) is 6.61 Å². The smallest absolute Gasteiger partial charge is 0.349 e. The van der Waals surface area contributed by atoms with Crippen LogP contribution in [0.1, 0.15) is 27.7 Å². The summed E-state index contributed by atoms with van der Waals surface area (Å²) in [6.07, 6.45) is 0. The third-order valence-electron chi connectivity index (χ3n) is 4.24. The minimum absolute atomic E-state index is 0.0352. The fourth-order valence-electron chi connectivity index (χ4n) is 2.11. The van der Waals surface area contributed by atoms with Crippen LogP contribution < -0.4 is 0 Å². The van der Waals surface area contributed by atoms with Gasteiger partial charge in [0, 0.05) is 4.91 Å². The molecule has 0 amide bonds. The van der Waals surface area contributed by atoms with Crippen molar-refractivity contribution in [3.8, 4) is 0 Å². The summed E-state index contributed by atoms with van der Waals surface area (Å²) in [6.45, 7) is 15.8. The number of hydrogen-bond donors (Lipinski definition) is 0. The molecule has 36 heavy (non-hydrogen) atoms. The summed E-state index contributed by atoms with van der Waals surface area (Å²) >= 11 is 0. The molecule has 8 nitrogen and oxygen atoms in total. The van der Waals surface area contributed by atoms with E-state index in [1.165, 1.54) is 32.9 Å². The number of hydrogen-bond acceptors (Lipinski definition) is 8. The van der Waals surface area contributed by atoms with Crippen LogP contribution in [0.5, 0.6) is 0 Å². The summed E-state index contributed by atoms with van der Waals surface area (Å²) < 4.78 is 51.2. The van der Waals surface area contributed by atoms with Crippen LogP contribution in [0, 0.1) is 0 Å². The maximum Gasteiger partial charge on any atom is 0.349 e. The first-order valence-corrected chi connectivity index (χ1v) is 13.4. The van der Waals surface area contributed by atoms with Gasteiger partial charge in [0.25, 0.3) is 0 Å². The molecule has 0 spiro atoms. The molecular formula is C26H30O8S2. The molecule has 0 radical (unpaired) electrons. The highest BCUT2D eigenvalue weighted by Gasteiger charge is 2.25. The van der Waals surface area contributed by atoms with Crippen molar-refractivity contribution in [2.45, 2.75) is 37.5 Å². The van der Waals surface area contributed by atoms with E-state index in [9.17, 15) is 31.2 Å². The Bertz CT molecular complexity index is 1310. The molecule has 0 N–H and O–H groups in total. The van der Waals surface area contributed by atoms with Gasteiger partial charge in [0.2, 0.25) is 19.7 Å². The van der Waals surface area contributed by atoms with Crippen molar-refractivity contribution < 1.29 is 36.0 Å². The molecule has 0 heterocycles. The van der Waals surface area contributed by atoms with Gasteiger partial charge in [-0.25, -0.2) is 21.6 Å². The van der Waals surface area contributed by atoms with Crippen LogP contribution in [0.3, 0.4) is 0 Å². The summed E-state index contributed by atoms with van der Waals surface area (Å²) in [6, 6.07) is 15.9. The fourth-order valence-corrected chi connectivity index (χ4v) is 4.11. The van der Waals surface area contributed by atoms with Gasteiger partial charge in [0.05, 0.1) is 22.0 Å². The van der Waals surface area contributed by atoms with Crippen LogP contribution in [0.4, 0.5) is 0 Å². The third-order valence-corrected chi connectivity index (χ3v) is 7.76. The first-order valence-electron chi connectivity index (χ1n) is 10.4. The lowest BCUT2D eigenvalue weighted by Gasteiger charge is -2.06. The molecule has 0 fully saturated rings. The van der Waals surface area contributed by atoms with Crippen molar-refractivity contribution in [1.29, 1.82) is 0 Å². The number of benzene rings is 2. The minimum atomic E-state index is -3.83. The second kappa shape index (κ2) is 14.7. The molecule has 0 aromatic heterocycles. The Labute approximate surface area is 212 Å². The highest BCUT2D eigenvalue weighted by Crippen LogP contribution is 2.18. The van der Waals surface area contributed by atoms with Gasteiger partial charge in [-0.2, -0.15) is 0 Å². The van der Waals surface area contributed by atoms with E-state index in [2.05, 4.69) is 24.5 Å². The molecule has 0 unspecified atom stereocenters. The third kappa shape index (κ3) is 9.93. The first-order chi connectivity index (χ1) is 16.6. The molecule has 194 valence electrons. The lowest BCUT2D eigenvalue weighted by molar-refractivity contribution is -0.137. The Balaban J connectivity index is 0.000000542. The number of Topliss-reactive ketones (excluding diaryl/α,β-unsaturated/α-hetero) is 2. The number of ether oxygens (including phenoxy) is 1. The van der Waals surface area contributed by atoms with E-state index in [0.29, 0.717) is 4.90 Å². The number of sulfone groups is 2. The van der Waals surface area contributed by atoms with Crippen LogP contribution in [0.15, 0.2) is 106 Å². The largest absolute Gasteiger partial charge is 0.462 e. The number of ketones is 2. The molecule has 0 bridgehead atoms. The Hall–Kier alpha value is -3.63. The van der Waals surface area contributed by atoms with E-state index < -0.39 is 30.5 Å². The second-order valence-corrected chi connectivity index (χ2v) is 11.2. The Morgan fingerprint density at radius 1 is 0.694 bits per heavy atom. The molecule has 0 aliphatic rings. The normalized spacial score (nSPS) is 10.3. The van der Waals surface area contributed by atoms with Crippen LogP contribution in [0.25, 0.3) is 0 Å². The highest BCUT2D eigenvalue weighted by molar-refractivity contribution is 7.96. The standard InChI is InChI=1S/C11H12O4S.C9H10O2S.C6H8O2/c1-3-15-11(12)9(2)16(13,14)10-7-5-4-6-8-10;1-8(2)12(10,11)9-6-4-3-5-7-9;1-4(5(2)7)6(3)8/h4-8H,2-3H2,1H3;3-7H,1H2,2H3;1H2,2-3H3. The maximum absolute atomic E-state index is 11.8. The summed E-state index contributed by atoms with van der Waals surface area (Å²) in [5.74, 6) is -1.42. The summed E-state index contributed by atoms with van der Waals surface area (Å²) in [5.41, 5.74) is 0.0741. The molecule has 2 aromatic carbocycles. The van der Waals surface area contributed by atoms with Gasteiger partial charge < -0.3 is 4.74 Å². The Kier molecular flexibility index (Phi) is 13.2. The molecule has 0 atom stereocenters. The average molecular weight is 535 g/mol. The van der Waals surface area contributed by atoms with E-state index in [1.807, 2.05) is 0 Å². The Morgan fingerprint density at radius 2 is 1.06 bits per heavy atom. The zero-order chi connectivity index (χ0) is 28.1. The first kappa shape index (κ1) is 32.4. The van der Waals surface area contributed by atoms with Crippen molar-refractivity contribution in [2.24, 2.45) is 0 Å². The van der Waals surface area contributed by atoms with Crippen LogP contribution in [-0.4, -0.2) is 41.0 Å². The van der Waals surface area contributed by atoms with Crippen molar-refractivity contribution in [3.63, 3.8) is 0 Å². The molecule has 0 saturated carbocycles. The second-order valence-electron chi connectivity index (χ2n) is 7.07. The van der Waals surface area contributed by atoms with Crippen LogP contribution in [0.2, 0.25) is 0 Å². The van der Waals surface area contributed by atoms with E-state index in [4.69, 9.17) is 0 Å². The molecule has 2 rings (SSSR count). The van der Waals surface area contributed by atoms with Gasteiger partial charge in [-0.1, -0.05) is 56.1 Å². The van der Waals surface area contributed by atoms with E-state index in [-0.39, 0.29) is 33.5 Å². The van der Waals surface area contributed by atoms with E-state index in [0.717, 1.165) is 0 Å². The van der Waals surface area contributed by atoms with Gasteiger partial charge in [0.1, 0.15) is 4.91 Å². The SMILES string of the molecule is C=C(C(=O)OCC)S(=O)(=O)c1ccccc1.C=C(C(C)=O)C(C)=O.C=C(C)S(=O)(=O)c1ccccc1. The summed E-state index contributed by atoms with van der Waals surface area (Å²) in [7, 11) is -7.10. The van der Waals surface area contributed by atoms with Crippen molar-refractivity contribution in [1.82, 2.24) is 0 Å². The molecule has 10 heteroatoms. The number of rotatable bonds is 8. The predicted octanol–water partition coefficient (Wildman–Crippen LogP) is 4.25. The zero-order valence-electron chi connectivity index (χ0n) is 20.7. The van der Waals surface area contributed by atoms with Gasteiger partial charge >= 0.3 is 5.97 Å². The highest BCUT2D eigenvalue weighted by atomic mass is 32.2. The molecule has 0 aliphatic heterocycles. The van der Waals surface area contributed by atoms with Crippen LogP contribution in [-0.2, 0) is 38.8 Å². The van der Waals surface area contributed by atoms with E-state index >= 15 is 0 Å². The Morgan fingerprint density at radius 3 is 1.33 bits per heavy atom. The number of carbonyl (C=O) groups is 3. The lowest BCUT2D eigenvalue weighted by atomic mass is 10.1. The van der Waals surface area contributed by atoms with E-state index in [1.54, 1.807) is 55.5 Å². The predicted molar refractivity (Wildman–Crippen MR) is 138 cm³/mol. The molecule has 2 aromatic rings. The van der Waals surface area contributed by atoms with Gasteiger partial charge in [-0.15, -0.1) is 0 Å². The van der Waals surface area contributed by atoms with Gasteiger partial charge in [-0.05, 0) is 52.0 Å². The van der Waals surface area contributed by atoms with Crippen LogP contribution >= 0.6 is 0 Å². The van der Waals surface area contributed by atoms with Gasteiger partial charge in [-0.3, -0.25) is 9.59 Å². The zero-order valence-corrected chi connectivity index (χ0v) is 22.3. The summed E-state index contributed by atoms with van der Waals surface area (Å²) in [4.78, 5) is 31.8. The number of allylic oxidation sites excluding steroid dienone is 2. The van der Waals surface area contributed by atoms with Crippen molar-refractivity contribution >= 4 is 37.2 Å². The minimum Gasteiger partial charge on any atom is -0.462 e. The number of esters is 1. The molecule has 0 saturated heterocycles. The molecular weight excluding hydrogens is 504 g/mol. The number of carbonyl (C=O) groups excluding carboxylic acids is 3.